The molecule has 4 aromatic rings. The van der Waals surface area contributed by atoms with Crippen LogP contribution in [0.25, 0.3) is 21.9 Å². The summed E-state index contributed by atoms with van der Waals surface area (Å²) in [5, 5.41) is 5.64. The van der Waals surface area contributed by atoms with E-state index in [9.17, 15) is 0 Å². The fourth-order valence-corrected chi connectivity index (χ4v) is 4.15. The molecule has 2 aromatic carbocycles. The fraction of sp³-hybridized carbons (Fsp3) is 0.231. The molecule has 1 fully saturated rings. The van der Waals surface area contributed by atoms with E-state index < -0.39 is 0 Å². The van der Waals surface area contributed by atoms with Crippen LogP contribution in [0.1, 0.15) is 5.56 Å². The number of hydrogen-bond acceptors (Lipinski definition) is 6. The van der Waals surface area contributed by atoms with Crippen molar-refractivity contribution in [2.75, 3.05) is 32.6 Å². The first-order valence-corrected chi connectivity index (χ1v) is 10.7. The number of fused-ring (bicyclic) bond motifs is 1. The number of pyridine rings is 2. The van der Waals surface area contributed by atoms with Crippen molar-refractivity contribution < 1.29 is 9.47 Å². The third kappa shape index (κ3) is 4.15. The summed E-state index contributed by atoms with van der Waals surface area (Å²) >= 11 is 0. The standard InChI is InChI=1S/C26H26N4O2/c1-31-21-16-30(17-21)15-18-8-9-24(25(11-18)32-2)29-26-12-23-20(14-28-26)5-3-7-22(23)19-6-4-10-27-13-19/h3-14,21H,15-17H2,1-2H3,(H,28,29). The molecule has 0 amide bonds. The Kier molecular flexibility index (Phi) is 5.71. The van der Waals surface area contributed by atoms with Crippen LogP contribution in [0.2, 0.25) is 0 Å². The van der Waals surface area contributed by atoms with Crippen molar-refractivity contribution >= 4 is 22.3 Å². The molecule has 0 atom stereocenters. The first kappa shape index (κ1) is 20.4. The molecule has 32 heavy (non-hydrogen) atoms. The molecule has 1 N–H and O–H groups in total. The van der Waals surface area contributed by atoms with Gasteiger partial charge in [-0.15, -0.1) is 0 Å². The topological polar surface area (TPSA) is 59.5 Å². The van der Waals surface area contributed by atoms with Crippen LogP contribution in [-0.4, -0.2) is 48.3 Å². The fourth-order valence-electron chi connectivity index (χ4n) is 4.15. The van der Waals surface area contributed by atoms with Crippen molar-refractivity contribution in [3.63, 3.8) is 0 Å². The average molecular weight is 427 g/mol. The van der Waals surface area contributed by atoms with Crippen molar-refractivity contribution in [3.05, 3.63) is 78.8 Å². The maximum atomic E-state index is 5.67. The van der Waals surface area contributed by atoms with E-state index >= 15 is 0 Å². The number of likely N-dealkylation sites (tertiary alicyclic amines) is 1. The van der Waals surface area contributed by atoms with E-state index in [-0.39, 0.29) is 0 Å². The molecular formula is C26H26N4O2. The molecule has 3 heterocycles. The molecule has 1 saturated heterocycles. The highest BCUT2D eigenvalue weighted by Gasteiger charge is 2.26. The van der Waals surface area contributed by atoms with Gasteiger partial charge in [0, 0.05) is 56.3 Å². The Bertz CT molecular complexity index is 1220. The summed E-state index contributed by atoms with van der Waals surface area (Å²) in [5.41, 5.74) is 4.32. The predicted octanol–water partition coefficient (Wildman–Crippen LogP) is 4.88. The SMILES string of the molecule is COc1cc(CN2CC(OC)C2)ccc1Nc1cc2c(-c3cccnc3)cccc2cn1. The van der Waals surface area contributed by atoms with Gasteiger partial charge in [-0.2, -0.15) is 0 Å². The number of nitrogens with one attached hydrogen (secondary N) is 1. The molecule has 0 unspecified atom stereocenters. The molecule has 2 aromatic heterocycles. The van der Waals surface area contributed by atoms with Gasteiger partial charge in [0.05, 0.1) is 18.9 Å². The number of methoxy groups -OCH3 is 2. The van der Waals surface area contributed by atoms with Gasteiger partial charge in [-0.05, 0) is 40.8 Å². The van der Waals surface area contributed by atoms with Crippen LogP contribution in [0.15, 0.2) is 73.2 Å². The van der Waals surface area contributed by atoms with Gasteiger partial charge >= 0.3 is 0 Å². The first-order chi connectivity index (χ1) is 15.7. The zero-order valence-corrected chi connectivity index (χ0v) is 18.3. The Morgan fingerprint density at radius 2 is 1.94 bits per heavy atom. The molecule has 162 valence electrons. The highest BCUT2D eigenvalue weighted by Crippen LogP contribution is 2.33. The maximum Gasteiger partial charge on any atom is 0.142 e. The summed E-state index contributed by atoms with van der Waals surface area (Å²) in [4.78, 5) is 11.3. The second-order valence-electron chi connectivity index (χ2n) is 8.05. The molecule has 1 aliphatic heterocycles. The van der Waals surface area contributed by atoms with Gasteiger partial charge < -0.3 is 14.8 Å². The van der Waals surface area contributed by atoms with Crippen molar-refractivity contribution in [1.29, 1.82) is 0 Å². The van der Waals surface area contributed by atoms with Crippen molar-refractivity contribution in [2.24, 2.45) is 0 Å². The van der Waals surface area contributed by atoms with Crippen LogP contribution < -0.4 is 10.1 Å². The molecule has 0 saturated carbocycles. The predicted molar refractivity (Wildman–Crippen MR) is 127 cm³/mol. The van der Waals surface area contributed by atoms with Crippen LogP contribution in [0.4, 0.5) is 11.5 Å². The van der Waals surface area contributed by atoms with Crippen molar-refractivity contribution in [1.82, 2.24) is 14.9 Å². The lowest BCUT2D eigenvalue weighted by atomic mass is 10.0. The van der Waals surface area contributed by atoms with Crippen LogP contribution in [-0.2, 0) is 11.3 Å². The molecule has 5 rings (SSSR count). The number of nitrogens with zero attached hydrogens (tertiary/aromatic N) is 3. The third-order valence-electron chi connectivity index (χ3n) is 5.93. The summed E-state index contributed by atoms with van der Waals surface area (Å²) < 4.78 is 11.0. The van der Waals surface area contributed by atoms with E-state index in [0.717, 1.165) is 58.8 Å². The summed E-state index contributed by atoms with van der Waals surface area (Å²) in [6.45, 7) is 2.83. The van der Waals surface area contributed by atoms with Crippen LogP contribution in [0.5, 0.6) is 5.75 Å². The number of ether oxygens (including phenoxy) is 2. The Balaban J connectivity index is 1.40. The van der Waals surface area contributed by atoms with Gasteiger partial charge in [0.2, 0.25) is 0 Å². The van der Waals surface area contributed by atoms with Gasteiger partial charge in [0.1, 0.15) is 11.6 Å². The number of rotatable bonds is 7. The van der Waals surface area contributed by atoms with Crippen LogP contribution >= 0.6 is 0 Å². The lowest BCUT2D eigenvalue weighted by Gasteiger charge is -2.38. The summed E-state index contributed by atoms with van der Waals surface area (Å²) in [7, 11) is 3.47. The minimum Gasteiger partial charge on any atom is -0.495 e. The quantitative estimate of drug-likeness (QED) is 0.455. The number of benzene rings is 2. The Hall–Kier alpha value is -3.48. The zero-order valence-electron chi connectivity index (χ0n) is 18.3. The Morgan fingerprint density at radius 3 is 2.72 bits per heavy atom. The van der Waals surface area contributed by atoms with Crippen molar-refractivity contribution in [2.45, 2.75) is 12.6 Å². The van der Waals surface area contributed by atoms with Gasteiger partial charge in [-0.3, -0.25) is 9.88 Å². The summed E-state index contributed by atoms with van der Waals surface area (Å²) in [6, 6.07) is 18.6. The molecule has 1 aliphatic rings. The summed E-state index contributed by atoms with van der Waals surface area (Å²) in [5.74, 6) is 1.57. The minimum absolute atomic E-state index is 0.355. The molecule has 0 radical (unpaired) electrons. The van der Waals surface area contributed by atoms with Crippen LogP contribution in [0, 0.1) is 0 Å². The van der Waals surface area contributed by atoms with Gasteiger partial charge in [0.25, 0.3) is 0 Å². The molecule has 0 aliphatic carbocycles. The number of hydrogen-bond donors (Lipinski definition) is 1. The van der Waals surface area contributed by atoms with E-state index in [2.05, 4.69) is 62.6 Å². The summed E-state index contributed by atoms with van der Waals surface area (Å²) in [6.07, 6.45) is 5.93. The van der Waals surface area contributed by atoms with E-state index in [4.69, 9.17) is 9.47 Å². The second-order valence-corrected chi connectivity index (χ2v) is 8.05. The number of aromatic nitrogens is 2. The second kappa shape index (κ2) is 8.94. The minimum atomic E-state index is 0.355. The van der Waals surface area contributed by atoms with Crippen LogP contribution in [0.3, 0.4) is 0 Å². The van der Waals surface area contributed by atoms with Gasteiger partial charge in [-0.25, -0.2) is 4.98 Å². The normalized spacial score (nSPS) is 14.3. The Morgan fingerprint density at radius 1 is 1.03 bits per heavy atom. The maximum absolute atomic E-state index is 5.67. The molecule has 0 spiro atoms. The smallest absolute Gasteiger partial charge is 0.142 e. The van der Waals surface area contributed by atoms with E-state index in [0.29, 0.717) is 6.10 Å². The average Bonchev–Trinajstić information content (AvgIpc) is 2.82. The van der Waals surface area contributed by atoms with Gasteiger partial charge in [-0.1, -0.05) is 30.3 Å². The Labute approximate surface area is 187 Å². The lowest BCUT2D eigenvalue weighted by molar-refractivity contribution is -0.0334. The van der Waals surface area contributed by atoms with Crippen molar-refractivity contribution in [3.8, 4) is 16.9 Å². The molecule has 0 bridgehead atoms. The van der Waals surface area contributed by atoms with E-state index in [1.165, 1.54) is 5.56 Å². The molecular weight excluding hydrogens is 400 g/mol. The highest BCUT2D eigenvalue weighted by atomic mass is 16.5. The largest absolute Gasteiger partial charge is 0.495 e. The number of anilines is 2. The third-order valence-corrected chi connectivity index (χ3v) is 5.93. The highest BCUT2D eigenvalue weighted by molar-refractivity contribution is 5.97. The molecule has 6 heteroatoms. The molecule has 6 nitrogen and oxygen atoms in total. The van der Waals surface area contributed by atoms with E-state index in [1.54, 1.807) is 20.4 Å². The van der Waals surface area contributed by atoms with E-state index in [1.807, 2.05) is 24.5 Å². The zero-order chi connectivity index (χ0) is 21.9. The first-order valence-electron chi connectivity index (χ1n) is 10.7. The monoisotopic (exact) mass is 426 g/mol. The van der Waals surface area contributed by atoms with Gasteiger partial charge in [0.15, 0.2) is 0 Å². The lowest BCUT2D eigenvalue weighted by Crippen LogP contribution is -2.50.